The summed E-state index contributed by atoms with van der Waals surface area (Å²) in [6, 6.07) is 8.42. The summed E-state index contributed by atoms with van der Waals surface area (Å²) in [6.45, 7) is 1.92. The molecule has 1 saturated carbocycles. The Kier molecular flexibility index (Phi) is 6.45. The molecule has 1 aromatic heterocycles. The number of hydrogen-bond donors (Lipinski definition) is 1. The predicted molar refractivity (Wildman–Crippen MR) is 120 cm³/mol. The number of aromatic nitrogens is 1. The molecule has 7 nitrogen and oxygen atoms in total. The summed E-state index contributed by atoms with van der Waals surface area (Å²) >= 11 is 0. The van der Waals surface area contributed by atoms with E-state index in [1.54, 1.807) is 0 Å². The van der Waals surface area contributed by atoms with Crippen LogP contribution in [0.1, 0.15) is 55.3 Å². The minimum atomic E-state index is -1.03. The third-order valence-corrected chi connectivity index (χ3v) is 7.30. The molecule has 0 bridgehead atoms. The van der Waals surface area contributed by atoms with Crippen LogP contribution in [0.3, 0.4) is 0 Å². The second-order valence-electron chi connectivity index (χ2n) is 9.31. The van der Waals surface area contributed by atoms with Crippen molar-refractivity contribution < 1.29 is 23.1 Å². The number of cyclic esters (lactones) is 1. The van der Waals surface area contributed by atoms with Gasteiger partial charge in [-0.05, 0) is 75.0 Å². The van der Waals surface area contributed by atoms with Crippen LogP contribution in [-0.2, 0) is 4.74 Å². The molecule has 1 aliphatic carbocycles. The van der Waals surface area contributed by atoms with E-state index in [9.17, 15) is 18.4 Å². The molecule has 34 heavy (non-hydrogen) atoms. The zero-order valence-electron chi connectivity index (χ0n) is 18.8. The molecule has 180 valence electrons. The fourth-order valence-electron chi connectivity index (χ4n) is 5.45. The van der Waals surface area contributed by atoms with Crippen LogP contribution in [0.4, 0.5) is 18.4 Å². The van der Waals surface area contributed by atoms with Gasteiger partial charge in [0.2, 0.25) is 0 Å². The molecule has 2 aliphatic heterocycles. The quantitative estimate of drug-likeness (QED) is 0.719. The lowest BCUT2D eigenvalue weighted by Crippen LogP contribution is -2.46. The van der Waals surface area contributed by atoms with Crippen LogP contribution in [-0.4, -0.2) is 58.7 Å². The summed E-state index contributed by atoms with van der Waals surface area (Å²) in [6.07, 6.45) is 5.84. The second-order valence-corrected chi connectivity index (χ2v) is 9.31. The van der Waals surface area contributed by atoms with Gasteiger partial charge < -0.3 is 15.0 Å². The van der Waals surface area contributed by atoms with Gasteiger partial charge in [-0.15, -0.1) is 0 Å². The lowest BCUT2D eigenvalue weighted by atomic mass is 9.92. The largest absolute Gasteiger partial charge is 0.446 e. The average molecular weight is 471 g/mol. The first kappa shape index (κ1) is 22.7. The number of carbonyl (C=O) groups excluding carboxylic acids is 2. The number of nitrogens with zero attached hydrogens (tertiary/aromatic N) is 3. The first-order valence-corrected chi connectivity index (χ1v) is 11.9. The zero-order valence-corrected chi connectivity index (χ0v) is 18.8. The highest BCUT2D eigenvalue weighted by Crippen LogP contribution is 2.33. The number of halogens is 2. The maximum absolute atomic E-state index is 13.7. The number of hydrogen-bond acceptors (Lipinski definition) is 5. The standard InChI is InChI=1S/C25H28F2N4O3/c26-20-7-4-17(13-21(20)27)23-15-34-25(33)31(23)24(32)29-18-5-6-19(14-18)30-11-8-16(9-12-30)22-3-1-2-10-28-22/h1-4,7,10,13,16,18-19,23H,5-6,8-9,11-12,14-15H2,(H,29,32). The molecule has 3 fully saturated rings. The zero-order chi connectivity index (χ0) is 23.7. The molecule has 3 unspecified atom stereocenters. The molecule has 3 heterocycles. The van der Waals surface area contributed by atoms with E-state index in [0.29, 0.717) is 17.5 Å². The number of amides is 3. The Balaban J connectivity index is 1.16. The monoisotopic (exact) mass is 470 g/mol. The van der Waals surface area contributed by atoms with Crippen molar-refractivity contribution in [1.82, 2.24) is 20.1 Å². The van der Waals surface area contributed by atoms with Crippen molar-refractivity contribution in [3.8, 4) is 0 Å². The highest BCUT2D eigenvalue weighted by Gasteiger charge is 2.41. The van der Waals surface area contributed by atoms with E-state index in [-0.39, 0.29) is 12.6 Å². The van der Waals surface area contributed by atoms with Gasteiger partial charge >= 0.3 is 12.1 Å². The highest BCUT2D eigenvalue weighted by atomic mass is 19.2. The SMILES string of the molecule is O=C(NC1CCC(N2CCC(c3ccccn3)CC2)C1)N1C(=O)OCC1c1ccc(F)c(F)c1. The highest BCUT2D eigenvalue weighted by molar-refractivity contribution is 5.92. The van der Waals surface area contributed by atoms with Crippen molar-refractivity contribution in [2.45, 2.75) is 56.1 Å². The van der Waals surface area contributed by atoms with Gasteiger partial charge in [-0.2, -0.15) is 0 Å². The Hall–Kier alpha value is -3.07. The molecule has 0 spiro atoms. The van der Waals surface area contributed by atoms with Crippen LogP contribution < -0.4 is 5.32 Å². The van der Waals surface area contributed by atoms with Crippen molar-refractivity contribution in [3.63, 3.8) is 0 Å². The van der Waals surface area contributed by atoms with Crippen molar-refractivity contribution in [3.05, 3.63) is 65.5 Å². The number of nitrogens with one attached hydrogen (secondary N) is 1. The number of rotatable bonds is 4. The fourth-order valence-corrected chi connectivity index (χ4v) is 5.45. The topological polar surface area (TPSA) is 74.8 Å². The Morgan fingerprint density at radius 2 is 1.88 bits per heavy atom. The Morgan fingerprint density at radius 1 is 1.06 bits per heavy atom. The van der Waals surface area contributed by atoms with Gasteiger partial charge in [-0.1, -0.05) is 12.1 Å². The van der Waals surface area contributed by atoms with Crippen LogP contribution in [0.15, 0.2) is 42.6 Å². The minimum absolute atomic E-state index is 0.0509. The molecule has 5 rings (SSSR count). The lowest BCUT2D eigenvalue weighted by Gasteiger charge is -2.36. The average Bonchev–Trinajstić information content (AvgIpc) is 3.48. The van der Waals surface area contributed by atoms with Crippen LogP contribution in [0.25, 0.3) is 0 Å². The van der Waals surface area contributed by atoms with E-state index in [0.717, 1.165) is 67.9 Å². The summed E-state index contributed by atoms with van der Waals surface area (Å²) in [7, 11) is 0. The first-order valence-electron chi connectivity index (χ1n) is 11.9. The number of ether oxygens (including phenoxy) is 1. The van der Waals surface area contributed by atoms with Gasteiger partial charge in [0.25, 0.3) is 0 Å². The molecule has 3 aliphatic rings. The number of imide groups is 1. The molecule has 2 saturated heterocycles. The fraction of sp³-hybridized carbons (Fsp3) is 0.480. The van der Waals surface area contributed by atoms with Crippen molar-refractivity contribution in [1.29, 1.82) is 0 Å². The molecular weight excluding hydrogens is 442 g/mol. The second kappa shape index (κ2) is 9.66. The van der Waals surface area contributed by atoms with Gasteiger partial charge in [0.1, 0.15) is 12.6 Å². The number of benzene rings is 1. The van der Waals surface area contributed by atoms with Crippen LogP contribution in [0, 0.1) is 11.6 Å². The number of pyridine rings is 1. The third-order valence-electron chi connectivity index (χ3n) is 7.30. The van der Waals surface area contributed by atoms with Crippen molar-refractivity contribution in [2.24, 2.45) is 0 Å². The molecule has 2 aromatic rings. The smallest absolute Gasteiger partial charge is 0.418 e. The summed E-state index contributed by atoms with van der Waals surface area (Å²) in [4.78, 5) is 33.2. The molecule has 9 heteroatoms. The van der Waals surface area contributed by atoms with E-state index >= 15 is 0 Å². The van der Waals surface area contributed by atoms with Crippen LogP contribution in [0.5, 0.6) is 0 Å². The number of urea groups is 1. The summed E-state index contributed by atoms with van der Waals surface area (Å²) in [5.41, 5.74) is 1.48. The molecule has 3 amide bonds. The molecule has 1 N–H and O–H groups in total. The van der Waals surface area contributed by atoms with Gasteiger partial charge in [0.15, 0.2) is 11.6 Å². The van der Waals surface area contributed by atoms with E-state index in [2.05, 4.69) is 21.3 Å². The van der Waals surface area contributed by atoms with Crippen molar-refractivity contribution in [2.75, 3.05) is 19.7 Å². The van der Waals surface area contributed by atoms with Gasteiger partial charge in [0.05, 0.1) is 0 Å². The van der Waals surface area contributed by atoms with E-state index < -0.39 is 29.8 Å². The number of likely N-dealkylation sites (tertiary alicyclic amines) is 1. The van der Waals surface area contributed by atoms with Gasteiger partial charge in [0, 0.05) is 29.9 Å². The summed E-state index contributed by atoms with van der Waals surface area (Å²) in [5.74, 6) is -1.52. The molecule has 1 aromatic carbocycles. The predicted octanol–water partition coefficient (Wildman–Crippen LogP) is 4.36. The third kappa shape index (κ3) is 4.61. The Labute approximate surface area is 197 Å². The van der Waals surface area contributed by atoms with Crippen molar-refractivity contribution >= 4 is 12.1 Å². The lowest BCUT2D eigenvalue weighted by molar-refractivity contribution is 0.149. The Morgan fingerprint density at radius 3 is 2.62 bits per heavy atom. The number of piperidine rings is 1. The van der Waals surface area contributed by atoms with Gasteiger partial charge in [-0.25, -0.2) is 23.3 Å². The Bertz CT molecular complexity index is 1050. The molecular formula is C25H28F2N4O3. The van der Waals surface area contributed by atoms with Crippen LogP contribution >= 0.6 is 0 Å². The first-order chi connectivity index (χ1) is 16.5. The van der Waals surface area contributed by atoms with E-state index in [1.165, 1.54) is 6.07 Å². The maximum atomic E-state index is 13.7. The molecule has 0 radical (unpaired) electrons. The summed E-state index contributed by atoms with van der Waals surface area (Å²) < 4.78 is 32.1. The normalized spacial score (nSPS) is 26.0. The van der Waals surface area contributed by atoms with Gasteiger partial charge in [-0.3, -0.25) is 4.98 Å². The molecule has 3 atom stereocenters. The van der Waals surface area contributed by atoms with Crippen LogP contribution in [0.2, 0.25) is 0 Å². The van der Waals surface area contributed by atoms with E-state index in [1.807, 2.05) is 18.3 Å². The minimum Gasteiger partial charge on any atom is -0.446 e. The summed E-state index contributed by atoms with van der Waals surface area (Å²) in [5, 5.41) is 2.96. The number of carbonyl (C=O) groups is 2. The van der Waals surface area contributed by atoms with E-state index in [4.69, 9.17) is 4.74 Å². The maximum Gasteiger partial charge on any atom is 0.418 e.